The molecule has 0 heterocycles. The standard InChI is InChI=1S/C11H14BrClO4S/c1-16-10-6-8(7-12)5-9(13)11(10)17-3-4-18(2,14)15/h5-6H,3-4,7H2,1-2H3. The van der Waals surface area contributed by atoms with Gasteiger partial charge in [-0.15, -0.1) is 0 Å². The molecule has 0 saturated heterocycles. The van der Waals surface area contributed by atoms with E-state index in [4.69, 9.17) is 21.1 Å². The number of rotatable bonds is 6. The minimum Gasteiger partial charge on any atom is -0.493 e. The summed E-state index contributed by atoms with van der Waals surface area (Å²) in [5.74, 6) is 0.796. The molecule has 0 saturated carbocycles. The highest BCUT2D eigenvalue weighted by Crippen LogP contribution is 2.36. The van der Waals surface area contributed by atoms with Crippen LogP contribution in [-0.2, 0) is 15.2 Å². The van der Waals surface area contributed by atoms with Crippen LogP contribution in [0.5, 0.6) is 11.5 Å². The number of alkyl halides is 1. The molecule has 0 aromatic heterocycles. The van der Waals surface area contributed by atoms with E-state index in [2.05, 4.69) is 15.9 Å². The van der Waals surface area contributed by atoms with E-state index in [1.165, 1.54) is 7.11 Å². The lowest BCUT2D eigenvalue weighted by atomic mass is 10.2. The highest BCUT2D eigenvalue weighted by molar-refractivity contribution is 9.08. The van der Waals surface area contributed by atoms with Crippen molar-refractivity contribution in [2.75, 3.05) is 25.7 Å². The van der Waals surface area contributed by atoms with Gasteiger partial charge in [0, 0.05) is 11.6 Å². The molecule has 1 aromatic rings. The molecule has 0 aliphatic rings. The zero-order valence-electron chi connectivity index (χ0n) is 10.1. The topological polar surface area (TPSA) is 52.6 Å². The smallest absolute Gasteiger partial charge is 0.179 e. The van der Waals surface area contributed by atoms with Gasteiger partial charge in [-0.1, -0.05) is 27.5 Å². The summed E-state index contributed by atoms with van der Waals surface area (Å²) in [5.41, 5.74) is 0.951. The third-order valence-corrected chi connectivity index (χ3v) is 3.98. The van der Waals surface area contributed by atoms with E-state index < -0.39 is 9.84 Å². The molecule has 0 radical (unpaired) electrons. The monoisotopic (exact) mass is 356 g/mol. The fourth-order valence-corrected chi connectivity index (χ4v) is 2.28. The van der Waals surface area contributed by atoms with Crippen LogP contribution in [0.3, 0.4) is 0 Å². The molecule has 0 unspecified atom stereocenters. The van der Waals surface area contributed by atoms with Crippen LogP contribution in [0.1, 0.15) is 5.56 Å². The van der Waals surface area contributed by atoms with Crippen molar-refractivity contribution >= 4 is 37.4 Å². The van der Waals surface area contributed by atoms with Crippen LogP contribution in [0, 0.1) is 0 Å². The lowest BCUT2D eigenvalue weighted by Gasteiger charge is -2.13. The van der Waals surface area contributed by atoms with Gasteiger partial charge < -0.3 is 9.47 Å². The number of hydrogen-bond donors (Lipinski definition) is 0. The van der Waals surface area contributed by atoms with Crippen molar-refractivity contribution in [3.63, 3.8) is 0 Å². The van der Waals surface area contributed by atoms with Crippen LogP contribution < -0.4 is 9.47 Å². The third-order valence-electron chi connectivity index (χ3n) is 2.14. The molecule has 0 amide bonds. The van der Waals surface area contributed by atoms with Crippen LogP contribution >= 0.6 is 27.5 Å². The molecule has 102 valence electrons. The first-order chi connectivity index (χ1) is 8.37. The summed E-state index contributed by atoms with van der Waals surface area (Å²) < 4.78 is 32.6. The summed E-state index contributed by atoms with van der Waals surface area (Å²) in [6.07, 6.45) is 1.16. The Hall–Kier alpha value is -0.460. The third kappa shape index (κ3) is 4.66. The molecular weight excluding hydrogens is 344 g/mol. The molecule has 1 aromatic carbocycles. The van der Waals surface area contributed by atoms with E-state index in [1.54, 1.807) is 12.1 Å². The number of sulfone groups is 1. The van der Waals surface area contributed by atoms with Crippen LogP contribution in [0.15, 0.2) is 12.1 Å². The largest absolute Gasteiger partial charge is 0.493 e. The Kier molecular flexibility index (Phi) is 5.75. The Morgan fingerprint density at radius 2 is 2.06 bits per heavy atom. The average Bonchev–Trinajstić information content (AvgIpc) is 2.29. The first-order valence-corrected chi connectivity index (χ1v) is 8.66. The van der Waals surface area contributed by atoms with E-state index in [9.17, 15) is 8.42 Å². The number of benzene rings is 1. The van der Waals surface area contributed by atoms with Gasteiger partial charge in [0.1, 0.15) is 6.61 Å². The van der Waals surface area contributed by atoms with Gasteiger partial charge in [-0.2, -0.15) is 0 Å². The molecule has 0 spiro atoms. The summed E-state index contributed by atoms with van der Waals surface area (Å²) in [6, 6.07) is 3.53. The quantitative estimate of drug-likeness (QED) is 0.735. The number of methoxy groups -OCH3 is 1. The van der Waals surface area contributed by atoms with Gasteiger partial charge in [0.2, 0.25) is 0 Å². The maximum absolute atomic E-state index is 11.0. The predicted molar refractivity (Wildman–Crippen MR) is 75.8 cm³/mol. The van der Waals surface area contributed by atoms with Gasteiger partial charge in [0.25, 0.3) is 0 Å². The van der Waals surface area contributed by atoms with Crippen LogP contribution in [0.2, 0.25) is 5.02 Å². The lowest BCUT2D eigenvalue weighted by Crippen LogP contribution is -2.12. The molecule has 4 nitrogen and oxygen atoms in total. The maximum atomic E-state index is 11.0. The maximum Gasteiger partial charge on any atom is 0.179 e. The predicted octanol–water partition coefficient (Wildman–Crippen LogP) is 2.67. The van der Waals surface area contributed by atoms with Gasteiger partial charge in [0.15, 0.2) is 21.3 Å². The van der Waals surface area contributed by atoms with Crippen molar-refractivity contribution in [3.8, 4) is 11.5 Å². The first-order valence-electron chi connectivity index (χ1n) is 5.10. The number of halogens is 2. The molecule has 0 atom stereocenters. The van der Waals surface area contributed by atoms with Gasteiger partial charge in [-0.05, 0) is 17.7 Å². The fraction of sp³-hybridized carbons (Fsp3) is 0.455. The van der Waals surface area contributed by atoms with E-state index in [0.717, 1.165) is 11.8 Å². The van der Waals surface area contributed by atoms with Crippen molar-refractivity contribution in [1.82, 2.24) is 0 Å². The SMILES string of the molecule is COc1cc(CBr)cc(Cl)c1OCCS(C)(=O)=O. The summed E-state index contributed by atoms with van der Waals surface area (Å²) in [4.78, 5) is 0. The molecule has 0 aliphatic carbocycles. The second-order valence-electron chi connectivity index (χ2n) is 3.72. The highest BCUT2D eigenvalue weighted by atomic mass is 79.9. The van der Waals surface area contributed by atoms with E-state index in [1.807, 2.05) is 0 Å². The summed E-state index contributed by atoms with van der Waals surface area (Å²) in [7, 11) is -1.55. The van der Waals surface area contributed by atoms with Gasteiger partial charge in [-0.25, -0.2) is 8.42 Å². The second-order valence-corrected chi connectivity index (χ2v) is 6.95. The Labute approximate surface area is 120 Å². The summed E-state index contributed by atoms with van der Waals surface area (Å²) >= 11 is 9.39. The fourth-order valence-electron chi connectivity index (χ4n) is 1.29. The van der Waals surface area contributed by atoms with Crippen molar-refractivity contribution < 1.29 is 17.9 Å². The van der Waals surface area contributed by atoms with Crippen LogP contribution in [0.25, 0.3) is 0 Å². The van der Waals surface area contributed by atoms with E-state index in [0.29, 0.717) is 21.9 Å². The molecule has 0 fully saturated rings. The molecule has 1 rings (SSSR count). The Balaban J connectivity index is 2.87. The summed E-state index contributed by atoms with van der Waals surface area (Å²) in [5, 5.41) is 1.05. The number of hydrogen-bond acceptors (Lipinski definition) is 4. The molecule has 0 N–H and O–H groups in total. The molecule has 7 heteroatoms. The molecule has 0 bridgehead atoms. The molecular formula is C11H14BrClO4S. The van der Waals surface area contributed by atoms with Crippen LogP contribution in [0.4, 0.5) is 0 Å². The van der Waals surface area contributed by atoms with Crippen molar-refractivity contribution in [1.29, 1.82) is 0 Å². The van der Waals surface area contributed by atoms with E-state index >= 15 is 0 Å². The minimum absolute atomic E-state index is 0.0442. The van der Waals surface area contributed by atoms with Gasteiger partial charge in [0.05, 0.1) is 17.9 Å². The Bertz CT molecular complexity index is 516. The van der Waals surface area contributed by atoms with Gasteiger partial charge in [-0.3, -0.25) is 0 Å². The first kappa shape index (κ1) is 15.6. The minimum atomic E-state index is -3.06. The van der Waals surface area contributed by atoms with E-state index in [-0.39, 0.29) is 12.4 Å². The summed E-state index contributed by atoms with van der Waals surface area (Å²) in [6.45, 7) is 0.0442. The van der Waals surface area contributed by atoms with Crippen molar-refractivity contribution in [2.24, 2.45) is 0 Å². The zero-order chi connectivity index (χ0) is 13.8. The zero-order valence-corrected chi connectivity index (χ0v) is 13.2. The highest BCUT2D eigenvalue weighted by Gasteiger charge is 2.12. The van der Waals surface area contributed by atoms with Crippen LogP contribution in [-0.4, -0.2) is 34.1 Å². The molecule has 18 heavy (non-hydrogen) atoms. The van der Waals surface area contributed by atoms with Gasteiger partial charge >= 0.3 is 0 Å². The number of ether oxygens (including phenoxy) is 2. The Morgan fingerprint density at radius 3 is 2.56 bits per heavy atom. The molecule has 0 aliphatic heterocycles. The van der Waals surface area contributed by atoms with Crippen molar-refractivity contribution in [3.05, 3.63) is 22.7 Å². The normalized spacial score (nSPS) is 11.3. The Morgan fingerprint density at radius 1 is 1.39 bits per heavy atom. The lowest BCUT2D eigenvalue weighted by molar-refractivity contribution is 0.312. The van der Waals surface area contributed by atoms with Crippen molar-refractivity contribution in [2.45, 2.75) is 5.33 Å². The average molecular weight is 358 g/mol. The second kappa shape index (κ2) is 6.63.